The normalized spacial score (nSPS) is 18.7. The lowest BCUT2D eigenvalue weighted by molar-refractivity contribution is 0.238. The van der Waals surface area contributed by atoms with Crippen LogP contribution in [0.4, 0.5) is 0 Å². The molecule has 0 bridgehead atoms. The van der Waals surface area contributed by atoms with Gasteiger partial charge in [0.05, 0.1) is 5.69 Å². The second kappa shape index (κ2) is 7.97. The molecule has 2 aromatic rings. The molecular weight excluding hydrogens is 342 g/mol. The Bertz CT molecular complexity index is 826. The molecule has 0 atom stereocenters. The van der Waals surface area contributed by atoms with Crippen LogP contribution in [0.15, 0.2) is 34.0 Å². The Morgan fingerprint density at radius 3 is 2.85 bits per heavy atom. The van der Waals surface area contributed by atoms with Crippen molar-refractivity contribution in [3.05, 3.63) is 57.3 Å². The van der Waals surface area contributed by atoms with Crippen LogP contribution in [-0.2, 0) is 19.5 Å². The maximum absolute atomic E-state index is 12.6. The van der Waals surface area contributed by atoms with Crippen LogP contribution in [0.25, 0.3) is 0 Å². The minimum Gasteiger partial charge on any atom is -0.310 e. The van der Waals surface area contributed by atoms with Gasteiger partial charge in [-0.1, -0.05) is 37.5 Å². The quantitative estimate of drug-likeness (QED) is 0.825. The van der Waals surface area contributed by atoms with Crippen molar-refractivity contribution in [2.75, 3.05) is 12.8 Å². The second-order valence-corrected chi connectivity index (χ2v) is 8.33. The summed E-state index contributed by atoms with van der Waals surface area (Å²) >= 11 is 1.80. The molecule has 0 unspecified atom stereocenters. The average Bonchev–Trinajstić information content (AvgIpc) is 2.69. The summed E-state index contributed by atoms with van der Waals surface area (Å²) in [5.74, 6) is 1.37. The molecule has 1 aromatic carbocycles. The third kappa shape index (κ3) is 3.74. The van der Waals surface area contributed by atoms with Gasteiger partial charge >= 0.3 is 0 Å². The van der Waals surface area contributed by atoms with E-state index in [0.717, 1.165) is 56.0 Å². The van der Waals surface area contributed by atoms with E-state index in [1.54, 1.807) is 11.8 Å². The zero-order chi connectivity index (χ0) is 17.9. The fourth-order valence-electron chi connectivity index (χ4n) is 4.29. The van der Waals surface area contributed by atoms with Gasteiger partial charge in [0.1, 0.15) is 5.82 Å². The van der Waals surface area contributed by atoms with Gasteiger partial charge in [-0.3, -0.25) is 9.69 Å². The van der Waals surface area contributed by atoms with E-state index < -0.39 is 0 Å². The van der Waals surface area contributed by atoms with E-state index in [2.05, 4.69) is 40.4 Å². The summed E-state index contributed by atoms with van der Waals surface area (Å²) in [6.07, 6.45) is 9.06. The molecule has 1 aliphatic carbocycles. The Hall–Kier alpha value is -1.59. The minimum atomic E-state index is 0.0970. The van der Waals surface area contributed by atoms with Gasteiger partial charge in [-0.15, -0.1) is 11.8 Å². The molecule has 138 valence electrons. The van der Waals surface area contributed by atoms with E-state index >= 15 is 0 Å². The molecule has 0 spiro atoms. The zero-order valence-corrected chi connectivity index (χ0v) is 16.3. The first-order chi connectivity index (χ1) is 12.7. The first kappa shape index (κ1) is 17.8. The van der Waals surface area contributed by atoms with Crippen molar-refractivity contribution in [3.8, 4) is 0 Å². The number of H-pyrrole nitrogens is 1. The van der Waals surface area contributed by atoms with E-state index in [9.17, 15) is 4.79 Å². The van der Waals surface area contributed by atoms with Crippen molar-refractivity contribution in [2.24, 2.45) is 0 Å². The van der Waals surface area contributed by atoms with Crippen molar-refractivity contribution in [1.82, 2.24) is 14.9 Å². The van der Waals surface area contributed by atoms with Crippen molar-refractivity contribution in [2.45, 2.75) is 62.4 Å². The minimum absolute atomic E-state index is 0.0970. The summed E-state index contributed by atoms with van der Waals surface area (Å²) < 4.78 is 0. The highest BCUT2D eigenvalue weighted by molar-refractivity contribution is 7.98. The Kier molecular flexibility index (Phi) is 5.46. The standard InChI is InChI=1S/C21H27N3OS/c1-26-19-10-6-5-9-16(19)13-24-12-11-17-18(14-24)22-20(23-21(17)25)15-7-3-2-4-8-15/h5-6,9-10,15H,2-4,7-8,11-14H2,1H3,(H,22,23,25). The number of rotatable bonds is 4. The predicted octanol–water partition coefficient (Wildman–Crippen LogP) is 4.10. The number of nitrogens with zero attached hydrogens (tertiary/aromatic N) is 2. The van der Waals surface area contributed by atoms with E-state index in [1.807, 2.05) is 0 Å². The van der Waals surface area contributed by atoms with Crippen LogP contribution in [0.5, 0.6) is 0 Å². The molecule has 0 saturated heterocycles. The summed E-state index contributed by atoms with van der Waals surface area (Å²) in [5, 5.41) is 0. The SMILES string of the molecule is CSc1ccccc1CN1CCc2c(nc(C3CCCCC3)[nH]c2=O)C1. The molecule has 1 aliphatic heterocycles. The van der Waals surface area contributed by atoms with E-state index in [4.69, 9.17) is 4.98 Å². The summed E-state index contributed by atoms with van der Waals surface area (Å²) in [6, 6.07) is 8.59. The Morgan fingerprint density at radius 2 is 2.04 bits per heavy atom. The van der Waals surface area contributed by atoms with Crippen LogP contribution in [0, 0.1) is 0 Å². The highest BCUT2D eigenvalue weighted by Gasteiger charge is 2.24. The Balaban J connectivity index is 1.55. The second-order valence-electron chi connectivity index (χ2n) is 7.48. The highest BCUT2D eigenvalue weighted by Crippen LogP contribution is 2.31. The number of benzene rings is 1. The van der Waals surface area contributed by atoms with E-state index in [-0.39, 0.29) is 5.56 Å². The summed E-state index contributed by atoms with van der Waals surface area (Å²) in [7, 11) is 0. The smallest absolute Gasteiger partial charge is 0.254 e. The van der Waals surface area contributed by atoms with Gasteiger partial charge < -0.3 is 4.98 Å². The summed E-state index contributed by atoms with van der Waals surface area (Å²) in [5.41, 5.74) is 3.36. The van der Waals surface area contributed by atoms with Crippen molar-refractivity contribution >= 4 is 11.8 Å². The van der Waals surface area contributed by atoms with E-state index in [1.165, 1.54) is 29.7 Å². The number of hydrogen-bond acceptors (Lipinski definition) is 4. The largest absolute Gasteiger partial charge is 0.310 e. The van der Waals surface area contributed by atoms with Gasteiger partial charge in [-0.25, -0.2) is 4.98 Å². The van der Waals surface area contributed by atoms with E-state index in [0.29, 0.717) is 5.92 Å². The van der Waals surface area contributed by atoms with Gasteiger partial charge in [-0.2, -0.15) is 0 Å². The number of aromatic amines is 1. The molecule has 1 saturated carbocycles. The molecule has 2 aliphatic rings. The number of aromatic nitrogens is 2. The topological polar surface area (TPSA) is 49.0 Å². The fraction of sp³-hybridized carbons (Fsp3) is 0.524. The first-order valence-corrected chi connectivity index (χ1v) is 10.9. The molecule has 26 heavy (non-hydrogen) atoms. The first-order valence-electron chi connectivity index (χ1n) is 9.71. The molecule has 1 aromatic heterocycles. The fourth-order valence-corrected chi connectivity index (χ4v) is 4.90. The lowest BCUT2D eigenvalue weighted by Gasteiger charge is -2.29. The Labute approximate surface area is 159 Å². The molecular formula is C21H27N3OS. The van der Waals surface area contributed by atoms with Gasteiger partial charge in [0, 0.05) is 36.0 Å². The van der Waals surface area contributed by atoms with Gasteiger partial charge in [0.2, 0.25) is 0 Å². The van der Waals surface area contributed by atoms with Crippen molar-refractivity contribution in [3.63, 3.8) is 0 Å². The molecule has 2 heterocycles. The average molecular weight is 370 g/mol. The van der Waals surface area contributed by atoms with Crippen LogP contribution < -0.4 is 5.56 Å². The summed E-state index contributed by atoms with van der Waals surface area (Å²) in [6.45, 7) is 2.62. The van der Waals surface area contributed by atoms with Crippen molar-refractivity contribution < 1.29 is 0 Å². The summed E-state index contributed by atoms with van der Waals surface area (Å²) in [4.78, 5) is 24.4. The van der Waals surface area contributed by atoms with Crippen LogP contribution >= 0.6 is 11.8 Å². The predicted molar refractivity (Wildman–Crippen MR) is 107 cm³/mol. The number of thioether (sulfide) groups is 1. The number of hydrogen-bond donors (Lipinski definition) is 1. The van der Waals surface area contributed by atoms with Crippen LogP contribution in [0.1, 0.15) is 60.7 Å². The third-order valence-corrected chi connectivity index (χ3v) is 6.59. The van der Waals surface area contributed by atoms with Crippen LogP contribution in [-0.4, -0.2) is 27.7 Å². The molecule has 0 radical (unpaired) electrons. The van der Waals surface area contributed by atoms with Gasteiger partial charge in [0.25, 0.3) is 5.56 Å². The molecule has 5 heteroatoms. The Morgan fingerprint density at radius 1 is 1.23 bits per heavy atom. The van der Waals surface area contributed by atoms with Gasteiger partial charge in [0.15, 0.2) is 0 Å². The molecule has 4 nitrogen and oxygen atoms in total. The monoisotopic (exact) mass is 369 g/mol. The maximum atomic E-state index is 12.6. The van der Waals surface area contributed by atoms with Crippen LogP contribution in [0.3, 0.4) is 0 Å². The maximum Gasteiger partial charge on any atom is 0.254 e. The lowest BCUT2D eigenvalue weighted by Crippen LogP contribution is -2.35. The molecule has 1 fully saturated rings. The zero-order valence-electron chi connectivity index (χ0n) is 15.5. The molecule has 0 amide bonds. The third-order valence-electron chi connectivity index (χ3n) is 5.75. The van der Waals surface area contributed by atoms with Gasteiger partial charge in [-0.05, 0) is 37.1 Å². The number of nitrogens with one attached hydrogen (secondary N) is 1. The highest BCUT2D eigenvalue weighted by atomic mass is 32.2. The van der Waals surface area contributed by atoms with Crippen molar-refractivity contribution in [1.29, 1.82) is 0 Å². The molecule has 1 N–H and O–H groups in total. The molecule has 4 rings (SSSR count). The number of fused-ring (bicyclic) bond motifs is 1. The van der Waals surface area contributed by atoms with Crippen LogP contribution in [0.2, 0.25) is 0 Å². The lowest BCUT2D eigenvalue weighted by atomic mass is 9.88.